The maximum atomic E-state index is 12.9. The summed E-state index contributed by atoms with van der Waals surface area (Å²) in [7, 11) is 1.42. The van der Waals surface area contributed by atoms with Crippen molar-refractivity contribution in [3.63, 3.8) is 0 Å². The lowest BCUT2D eigenvalue weighted by Gasteiger charge is -2.24. The molecule has 0 saturated carbocycles. The number of rotatable bonds is 12. The normalized spacial score (nSPS) is 11.6. The molecule has 0 saturated heterocycles. The third-order valence-electron chi connectivity index (χ3n) is 4.84. The van der Waals surface area contributed by atoms with E-state index in [0.717, 1.165) is 11.3 Å². The van der Waals surface area contributed by atoms with Crippen LogP contribution < -0.4 is 26.6 Å². The number of hydrogen-bond donors (Lipinski definition) is 2. The lowest BCUT2D eigenvalue weighted by Crippen LogP contribution is -2.44. The van der Waals surface area contributed by atoms with E-state index in [9.17, 15) is 19.2 Å². The molecule has 1 atom stereocenters. The number of amides is 1. The first kappa shape index (κ1) is 26.9. The average molecular weight is 497 g/mol. The number of benzene rings is 1. The predicted octanol–water partition coefficient (Wildman–Crippen LogP) is 1.56. The fraction of sp³-hybridized carbons (Fsp3) is 0.455. The Labute approximate surface area is 201 Å². The number of esters is 1. The monoisotopic (exact) mass is 496 g/mol. The quantitative estimate of drug-likeness (QED) is 0.421. The maximum absolute atomic E-state index is 12.9. The number of anilines is 2. The van der Waals surface area contributed by atoms with E-state index >= 15 is 0 Å². The zero-order chi connectivity index (χ0) is 25.3. The van der Waals surface area contributed by atoms with Gasteiger partial charge in [-0.15, -0.1) is 0 Å². The summed E-state index contributed by atoms with van der Waals surface area (Å²) in [6.07, 6.45) is 0.426. The van der Waals surface area contributed by atoms with Gasteiger partial charge in [0, 0.05) is 25.2 Å². The molecular formula is C22H29ClN4O7. The molecule has 12 heteroatoms. The summed E-state index contributed by atoms with van der Waals surface area (Å²) < 4.78 is 16.8. The van der Waals surface area contributed by atoms with Crippen LogP contribution in [-0.4, -0.2) is 54.4 Å². The second-order valence-corrected chi connectivity index (χ2v) is 7.79. The van der Waals surface area contributed by atoms with Crippen LogP contribution in [0.3, 0.4) is 0 Å². The molecule has 0 fully saturated rings. The van der Waals surface area contributed by atoms with Crippen LogP contribution in [0.4, 0.5) is 11.5 Å². The Morgan fingerprint density at radius 2 is 1.91 bits per heavy atom. The van der Waals surface area contributed by atoms with Crippen LogP contribution in [0.15, 0.2) is 33.9 Å². The summed E-state index contributed by atoms with van der Waals surface area (Å²) in [5.41, 5.74) is 4.40. The number of nitrogens with zero attached hydrogens (tertiary/aromatic N) is 2. The lowest BCUT2D eigenvalue weighted by atomic mass is 10.3. The van der Waals surface area contributed by atoms with E-state index < -0.39 is 35.8 Å². The molecule has 0 bridgehead atoms. The highest BCUT2D eigenvalue weighted by molar-refractivity contribution is 6.30. The topological polar surface area (TPSA) is 146 Å². The summed E-state index contributed by atoms with van der Waals surface area (Å²) in [5.74, 6) is -1.26. The summed E-state index contributed by atoms with van der Waals surface area (Å²) in [5, 5.41) is 0.514. The lowest BCUT2D eigenvalue weighted by molar-refractivity contribution is -0.154. The van der Waals surface area contributed by atoms with Gasteiger partial charge in [0.2, 0.25) is 0 Å². The Kier molecular flexibility index (Phi) is 10.1. The van der Waals surface area contributed by atoms with E-state index in [2.05, 4.69) is 4.98 Å². The first-order valence-corrected chi connectivity index (χ1v) is 11.1. The van der Waals surface area contributed by atoms with E-state index in [0.29, 0.717) is 17.2 Å². The predicted molar refractivity (Wildman–Crippen MR) is 127 cm³/mol. The number of ether oxygens (including phenoxy) is 3. The number of unbranched alkanes of at least 4 members (excludes halogenated alkanes) is 1. The van der Waals surface area contributed by atoms with Crippen LogP contribution in [0.25, 0.3) is 0 Å². The molecule has 0 unspecified atom stereocenters. The van der Waals surface area contributed by atoms with E-state index in [4.69, 9.17) is 31.5 Å². The highest BCUT2D eigenvalue weighted by Gasteiger charge is 2.26. The molecule has 0 spiro atoms. The number of carbonyl (C=O) groups is 2. The van der Waals surface area contributed by atoms with Crippen molar-refractivity contribution >= 4 is 35.0 Å². The van der Waals surface area contributed by atoms with Gasteiger partial charge in [0.05, 0.1) is 6.61 Å². The average Bonchev–Trinajstić information content (AvgIpc) is 2.80. The van der Waals surface area contributed by atoms with E-state index in [1.54, 1.807) is 24.3 Å². The molecule has 34 heavy (non-hydrogen) atoms. The molecule has 0 aliphatic carbocycles. The Morgan fingerprint density at radius 3 is 2.53 bits per heavy atom. The molecule has 3 N–H and O–H groups in total. The van der Waals surface area contributed by atoms with E-state index in [1.807, 2.05) is 6.92 Å². The van der Waals surface area contributed by atoms with Crippen LogP contribution in [0.5, 0.6) is 5.75 Å². The molecule has 0 aliphatic rings. The summed E-state index contributed by atoms with van der Waals surface area (Å²) in [6, 6.07) is 6.39. The van der Waals surface area contributed by atoms with Crippen LogP contribution in [-0.2, 0) is 25.6 Å². The van der Waals surface area contributed by atoms with Crippen molar-refractivity contribution in [1.82, 2.24) is 9.55 Å². The number of H-pyrrole nitrogens is 1. The number of nitrogens with two attached hydrogens (primary N) is 1. The van der Waals surface area contributed by atoms with Crippen LogP contribution in [0.1, 0.15) is 26.7 Å². The Hall–Kier alpha value is -3.31. The molecule has 1 amide bonds. The SMILES string of the molecule is CCCCn1c(N)c(N(CCOC)C(=O)COC(=O)[C@H](C)Oc2ccc(Cl)cc2)c(=O)[nH]c1=O. The Bertz CT molecular complexity index is 1100. The number of aromatic amines is 1. The maximum Gasteiger partial charge on any atom is 0.347 e. The van der Waals surface area contributed by atoms with Gasteiger partial charge in [-0.05, 0) is 37.6 Å². The highest BCUT2D eigenvalue weighted by Crippen LogP contribution is 2.19. The fourth-order valence-electron chi connectivity index (χ4n) is 3.01. The van der Waals surface area contributed by atoms with Gasteiger partial charge >= 0.3 is 11.7 Å². The van der Waals surface area contributed by atoms with Gasteiger partial charge in [0.1, 0.15) is 11.6 Å². The number of nitrogen functional groups attached to an aromatic ring is 1. The van der Waals surface area contributed by atoms with E-state index in [-0.39, 0.29) is 31.2 Å². The van der Waals surface area contributed by atoms with Gasteiger partial charge in [0.15, 0.2) is 18.4 Å². The van der Waals surface area contributed by atoms with Gasteiger partial charge in [-0.2, -0.15) is 0 Å². The van der Waals surface area contributed by atoms with Crippen molar-refractivity contribution < 1.29 is 23.8 Å². The summed E-state index contributed by atoms with van der Waals surface area (Å²) >= 11 is 5.83. The first-order chi connectivity index (χ1) is 16.2. The largest absolute Gasteiger partial charge is 0.479 e. The molecule has 11 nitrogen and oxygen atoms in total. The Morgan fingerprint density at radius 1 is 1.24 bits per heavy atom. The van der Waals surface area contributed by atoms with Crippen molar-refractivity contribution in [3.05, 3.63) is 50.1 Å². The minimum Gasteiger partial charge on any atom is -0.479 e. The van der Waals surface area contributed by atoms with Crippen molar-refractivity contribution in [3.8, 4) is 5.75 Å². The van der Waals surface area contributed by atoms with Gasteiger partial charge in [0.25, 0.3) is 11.5 Å². The van der Waals surface area contributed by atoms with Crippen LogP contribution in [0, 0.1) is 0 Å². The molecule has 1 aromatic carbocycles. The second kappa shape index (κ2) is 12.8. The molecule has 0 aliphatic heterocycles. The van der Waals surface area contributed by atoms with Crippen molar-refractivity contribution in [1.29, 1.82) is 0 Å². The van der Waals surface area contributed by atoms with Crippen molar-refractivity contribution in [2.45, 2.75) is 39.3 Å². The van der Waals surface area contributed by atoms with Gasteiger partial charge in [-0.1, -0.05) is 24.9 Å². The third-order valence-corrected chi connectivity index (χ3v) is 5.09. The zero-order valence-corrected chi connectivity index (χ0v) is 20.1. The first-order valence-electron chi connectivity index (χ1n) is 10.7. The smallest absolute Gasteiger partial charge is 0.347 e. The molecule has 186 valence electrons. The van der Waals surface area contributed by atoms with E-state index in [1.165, 1.54) is 18.6 Å². The molecule has 1 aromatic heterocycles. The fourth-order valence-corrected chi connectivity index (χ4v) is 3.14. The third kappa shape index (κ3) is 7.09. The minimum atomic E-state index is -1.01. The van der Waals surface area contributed by atoms with Crippen molar-refractivity contribution in [2.24, 2.45) is 0 Å². The summed E-state index contributed by atoms with van der Waals surface area (Å²) in [4.78, 5) is 53.2. The summed E-state index contributed by atoms with van der Waals surface area (Å²) in [6.45, 7) is 3.02. The zero-order valence-electron chi connectivity index (χ0n) is 19.3. The van der Waals surface area contributed by atoms with Crippen LogP contribution in [0.2, 0.25) is 5.02 Å². The molecule has 1 heterocycles. The second-order valence-electron chi connectivity index (χ2n) is 7.36. The molecular weight excluding hydrogens is 468 g/mol. The Balaban J connectivity index is 2.18. The molecule has 2 aromatic rings. The number of halogens is 1. The standard InChI is InChI=1S/C22H29ClN4O7/c1-4-5-10-27-19(24)18(20(29)25-22(27)31)26(11-12-32-3)17(28)13-33-21(30)14(2)34-16-8-6-15(23)7-9-16/h6-9,14H,4-5,10-13,24H2,1-3H3,(H,25,29,31)/t14-/m0/s1. The van der Waals surface area contributed by atoms with Gasteiger partial charge in [-0.3, -0.25) is 24.0 Å². The number of aromatic nitrogens is 2. The number of methoxy groups -OCH3 is 1. The number of nitrogens with one attached hydrogen (secondary N) is 1. The van der Waals surface area contributed by atoms with Gasteiger partial charge in [-0.25, -0.2) is 9.59 Å². The number of carbonyl (C=O) groups excluding carboxylic acids is 2. The highest BCUT2D eigenvalue weighted by atomic mass is 35.5. The molecule has 0 radical (unpaired) electrons. The number of hydrogen-bond acceptors (Lipinski definition) is 8. The minimum absolute atomic E-state index is 0.0526. The van der Waals surface area contributed by atoms with Crippen LogP contribution >= 0.6 is 11.6 Å². The van der Waals surface area contributed by atoms with Crippen molar-refractivity contribution in [2.75, 3.05) is 37.5 Å². The molecule has 2 rings (SSSR count). The van der Waals surface area contributed by atoms with Gasteiger partial charge < -0.3 is 19.9 Å².